The van der Waals surface area contributed by atoms with E-state index >= 15 is 0 Å². The average Bonchev–Trinajstić information content (AvgIpc) is 2.63. The van der Waals surface area contributed by atoms with Crippen LogP contribution < -0.4 is 10.2 Å². The number of hydrogen-bond acceptors (Lipinski definition) is 3. The van der Waals surface area contributed by atoms with Crippen LogP contribution in [-0.4, -0.2) is 18.0 Å². The van der Waals surface area contributed by atoms with Gasteiger partial charge in [-0.1, -0.05) is 0 Å². The number of nitrogens with one attached hydrogen (secondary N) is 1. The maximum absolute atomic E-state index is 11.5. The summed E-state index contributed by atoms with van der Waals surface area (Å²) in [7, 11) is 0. The van der Waals surface area contributed by atoms with Gasteiger partial charge in [0.1, 0.15) is 11.0 Å². The summed E-state index contributed by atoms with van der Waals surface area (Å²) < 4.78 is 0. The minimum Gasteiger partial charge on any atom is -0.326 e. The lowest BCUT2D eigenvalue weighted by Gasteiger charge is -2.08. The molecule has 1 N–H and O–H groups in total. The normalized spacial score (nSPS) is 22.2. The van der Waals surface area contributed by atoms with Crippen LogP contribution in [0.3, 0.4) is 0 Å². The molecule has 1 saturated heterocycles. The van der Waals surface area contributed by atoms with Crippen molar-refractivity contribution in [2.75, 3.05) is 4.90 Å². The fourth-order valence-corrected chi connectivity index (χ4v) is 1.94. The van der Waals surface area contributed by atoms with E-state index in [1.165, 1.54) is 16.2 Å². The van der Waals surface area contributed by atoms with Crippen LogP contribution in [0.25, 0.3) is 0 Å². The minimum absolute atomic E-state index is 0.188. The van der Waals surface area contributed by atoms with Gasteiger partial charge in [0.05, 0.1) is 0 Å². The van der Waals surface area contributed by atoms with E-state index in [0.717, 1.165) is 0 Å². The molecule has 1 unspecified atom stereocenters. The smallest absolute Gasteiger partial charge is 0.326 e. The summed E-state index contributed by atoms with van der Waals surface area (Å²) in [5, 5.41) is 5.05. The molecule has 2 rings (SSSR count). The van der Waals surface area contributed by atoms with Crippen molar-refractivity contribution in [1.82, 2.24) is 5.32 Å². The first-order valence-corrected chi connectivity index (χ1v) is 4.76. The first-order valence-electron chi connectivity index (χ1n) is 3.88. The van der Waals surface area contributed by atoms with Crippen LogP contribution >= 0.6 is 11.3 Å². The molecule has 0 aliphatic carbocycles. The largest absolute Gasteiger partial charge is 0.330 e. The Labute approximate surface area is 79.2 Å². The molecular weight excluding hydrogens is 188 g/mol. The van der Waals surface area contributed by atoms with Crippen LogP contribution in [0, 0.1) is 0 Å². The van der Waals surface area contributed by atoms with Crippen molar-refractivity contribution >= 4 is 28.3 Å². The van der Waals surface area contributed by atoms with Crippen LogP contribution in [0.15, 0.2) is 17.5 Å². The number of urea groups is 1. The number of carbonyl (C=O) groups excluding carboxylic acids is 2. The molecule has 0 saturated carbocycles. The highest BCUT2D eigenvalue weighted by atomic mass is 32.1. The fourth-order valence-electron chi connectivity index (χ4n) is 1.21. The first kappa shape index (κ1) is 8.25. The molecule has 3 amide bonds. The lowest BCUT2D eigenvalue weighted by atomic mass is 10.3. The molecule has 2 heterocycles. The molecule has 1 aromatic rings. The predicted octanol–water partition coefficient (Wildman–Crippen LogP) is 1.19. The Morgan fingerprint density at radius 2 is 2.31 bits per heavy atom. The van der Waals surface area contributed by atoms with Gasteiger partial charge in [0, 0.05) is 0 Å². The summed E-state index contributed by atoms with van der Waals surface area (Å²) in [6.45, 7) is 1.67. The van der Waals surface area contributed by atoms with Crippen LogP contribution in [0.2, 0.25) is 0 Å². The number of imide groups is 1. The SMILES string of the molecule is CC1NC(=O)N(c2cccs2)C1=O. The van der Waals surface area contributed by atoms with Crippen molar-refractivity contribution in [1.29, 1.82) is 0 Å². The third-order valence-electron chi connectivity index (χ3n) is 1.86. The van der Waals surface area contributed by atoms with Crippen molar-refractivity contribution in [2.45, 2.75) is 13.0 Å². The van der Waals surface area contributed by atoms with E-state index in [0.29, 0.717) is 5.00 Å². The monoisotopic (exact) mass is 196 g/mol. The van der Waals surface area contributed by atoms with Crippen molar-refractivity contribution in [3.8, 4) is 0 Å². The van der Waals surface area contributed by atoms with Gasteiger partial charge in [-0.2, -0.15) is 0 Å². The van der Waals surface area contributed by atoms with E-state index in [4.69, 9.17) is 0 Å². The van der Waals surface area contributed by atoms with Gasteiger partial charge in [-0.3, -0.25) is 4.79 Å². The van der Waals surface area contributed by atoms with Crippen molar-refractivity contribution in [2.24, 2.45) is 0 Å². The summed E-state index contributed by atoms with van der Waals surface area (Å²) in [4.78, 5) is 23.9. The number of hydrogen-bond donors (Lipinski definition) is 1. The molecule has 0 spiro atoms. The number of thiophene rings is 1. The van der Waals surface area contributed by atoms with Gasteiger partial charge >= 0.3 is 6.03 Å². The van der Waals surface area contributed by atoms with E-state index in [1.54, 1.807) is 13.0 Å². The lowest BCUT2D eigenvalue weighted by molar-refractivity contribution is -0.117. The van der Waals surface area contributed by atoms with E-state index in [-0.39, 0.29) is 11.9 Å². The second-order valence-electron chi connectivity index (χ2n) is 2.80. The van der Waals surface area contributed by atoms with Crippen LogP contribution in [-0.2, 0) is 4.79 Å². The minimum atomic E-state index is -0.408. The van der Waals surface area contributed by atoms with Crippen LogP contribution in [0.4, 0.5) is 9.80 Å². The summed E-state index contributed by atoms with van der Waals surface area (Å²) in [6.07, 6.45) is 0. The third-order valence-corrected chi connectivity index (χ3v) is 2.71. The quantitative estimate of drug-likeness (QED) is 0.686. The Kier molecular flexibility index (Phi) is 1.81. The summed E-state index contributed by atoms with van der Waals surface area (Å²) in [6, 6.07) is 2.82. The van der Waals surface area contributed by atoms with E-state index in [2.05, 4.69) is 5.32 Å². The molecule has 4 nitrogen and oxygen atoms in total. The molecule has 68 valence electrons. The van der Waals surface area contributed by atoms with Crippen LogP contribution in [0.1, 0.15) is 6.92 Å². The van der Waals surface area contributed by atoms with Gasteiger partial charge in [-0.15, -0.1) is 11.3 Å². The van der Waals surface area contributed by atoms with Crippen molar-refractivity contribution in [3.63, 3.8) is 0 Å². The van der Waals surface area contributed by atoms with Gasteiger partial charge in [0.25, 0.3) is 5.91 Å². The standard InChI is InChI=1S/C8H8N2O2S/c1-5-7(11)10(8(12)9-5)6-3-2-4-13-6/h2-5H,1H3,(H,9,12). The van der Waals surface area contributed by atoms with Crippen LogP contribution in [0.5, 0.6) is 0 Å². The molecule has 0 radical (unpaired) electrons. The Bertz CT molecular complexity index is 347. The molecule has 1 aliphatic heterocycles. The Balaban J connectivity index is 2.34. The van der Waals surface area contributed by atoms with Gasteiger partial charge in [0.2, 0.25) is 0 Å². The lowest BCUT2D eigenvalue weighted by Crippen LogP contribution is -2.29. The van der Waals surface area contributed by atoms with Gasteiger partial charge in [-0.25, -0.2) is 9.69 Å². The zero-order chi connectivity index (χ0) is 9.42. The Hall–Kier alpha value is -1.36. The molecule has 1 fully saturated rings. The fraction of sp³-hybridized carbons (Fsp3) is 0.250. The topological polar surface area (TPSA) is 49.4 Å². The second-order valence-corrected chi connectivity index (χ2v) is 3.72. The molecule has 13 heavy (non-hydrogen) atoms. The third kappa shape index (κ3) is 1.21. The Morgan fingerprint density at radius 1 is 1.54 bits per heavy atom. The van der Waals surface area contributed by atoms with Gasteiger partial charge < -0.3 is 5.32 Å². The number of anilines is 1. The average molecular weight is 196 g/mol. The number of rotatable bonds is 1. The summed E-state index contributed by atoms with van der Waals surface area (Å²) >= 11 is 1.37. The van der Waals surface area contributed by atoms with Gasteiger partial charge in [-0.05, 0) is 24.4 Å². The highest BCUT2D eigenvalue weighted by Crippen LogP contribution is 2.24. The summed E-state index contributed by atoms with van der Waals surface area (Å²) in [5.74, 6) is -0.188. The molecule has 1 aromatic heterocycles. The molecule has 1 atom stereocenters. The number of carbonyl (C=O) groups is 2. The molecule has 1 aliphatic rings. The molecule has 0 bridgehead atoms. The maximum atomic E-state index is 11.5. The van der Waals surface area contributed by atoms with Gasteiger partial charge in [0.15, 0.2) is 0 Å². The number of amides is 3. The van der Waals surface area contributed by atoms with Crippen molar-refractivity contribution < 1.29 is 9.59 Å². The maximum Gasteiger partial charge on any atom is 0.330 e. The highest BCUT2D eigenvalue weighted by molar-refractivity contribution is 7.14. The van der Waals surface area contributed by atoms with E-state index in [1.807, 2.05) is 11.4 Å². The predicted molar refractivity (Wildman–Crippen MR) is 49.8 cm³/mol. The highest BCUT2D eigenvalue weighted by Gasteiger charge is 2.36. The second kappa shape index (κ2) is 2.85. The number of nitrogens with zero attached hydrogens (tertiary/aromatic N) is 1. The molecule has 0 aromatic carbocycles. The first-order chi connectivity index (χ1) is 6.20. The summed E-state index contributed by atoms with van der Waals surface area (Å²) in [5.41, 5.74) is 0. The van der Waals surface area contributed by atoms with Crippen molar-refractivity contribution in [3.05, 3.63) is 17.5 Å². The molecular formula is C8H8N2O2S. The Morgan fingerprint density at radius 3 is 2.77 bits per heavy atom. The zero-order valence-corrected chi connectivity index (χ0v) is 7.80. The molecule has 5 heteroatoms. The van der Waals surface area contributed by atoms with E-state index in [9.17, 15) is 9.59 Å². The zero-order valence-electron chi connectivity index (χ0n) is 6.98. The van der Waals surface area contributed by atoms with E-state index < -0.39 is 6.04 Å².